The second-order valence-electron chi connectivity index (χ2n) is 6.40. The number of benzene rings is 2. The molecule has 2 heterocycles. The molecule has 0 bridgehead atoms. The Kier molecular flexibility index (Phi) is 4.52. The summed E-state index contributed by atoms with van der Waals surface area (Å²) < 4.78 is 18.7. The third-order valence-corrected chi connectivity index (χ3v) is 4.65. The quantitative estimate of drug-likeness (QED) is 0.701. The first-order valence-electron chi connectivity index (χ1n) is 8.79. The van der Waals surface area contributed by atoms with Crippen molar-refractivity contribution in [1.82, 2.24) is 4.98 Å². The van der Waals surface area contributed by atoms with Gasteiger partial charge in [-0.3, -0.25) is 4.79 Å². The molecule has 2 aromatic carbocycles. The van der Waals surface area contributed by atoms with E-state index in [2.05, 4.69) is 11.1 Å². The highest BCUT2D eigenvalue weighted by Crippen LogP contribution is 2.27. The van der Waals surface area contributed by atoms with Gasteiger partial charge in [0.1, 0.15) is 5.82 Å². The largest absolute Gasteiger partial charge is 0.441 e. The first-order chi connectivity index (χ1) is 12.7. The van der Waals surface area contributed by atoms with Gasteiger partial charge in [0.15, 0.2) is 11.7 Å². The molecule has 26 heavy (non-hydrogen) atoms. The van der Waals surface area contributed by atoms with Crippen molar-refractivity contribution in [3.05, 3.63) is 72.0 Å². The fourth-order valence-corrected chi connectivity index (χ4v) is 3.31. The van der Waals surface area contributed by atoms with Gasteiger partial charge in [0.05, 0.1) is 6.20 Å². The first kappa shape index (κ1) is 16.5. The summed E-state index contributed by atoms with van der Waals surface area (Å²) in [7, 11) is 0. The molecule has 3 aromatic rings. The van der Waals surface area contributed by atoms with Gasteiger partial charge in [-0.25, -0.2) is 9.37 Å². The van der Waals surface area contributed by atoms with Crippen LogP contribution in [0.15, 0.2) is 59.1 Å². The van der Waals surface area contributed by atoms with E-state index in [0.29, 0.717) is 24.5 Å². The molecule has 0 N–H and O–H groups in total. The van der Waals surface area contributed by atoms with Crippen molar-refractivity contribution in [2.24, 2.45) is 0 Å². The molecule has 4 nitrogen and oxygen atoms in total. The van der Waals surface area contributed by atoms with E-state index < -0.39 is 0 Å². The summed E-state index contributed by atoms with van der Waals surface area (Å²) >= 11 is 0. The summed E-state index contributed by atoms with van der Waals surface area (Å²) in [4.78, 5) is 18.8. The highest BCUT2D eigenvalue weighted by molar-refractivity contribution is 5.94. The lowest BCUT2D eigenvalue weighted by Crippen LogP contribution is -2.35. The highest BCUT2D eigenvalue weighted by Gasteiger charge is 2.22. The number of aromatic nitrogens is 1. The van der Waals surface area contributed by atoms with Crippen molar-refractivity contribution in [1.29, 1.82) is 0 Å². The van der Waals surface area contributed by atoms with Crippen LogP contribution >= 0.6 is 0 Å². The minimum atomic E-state index is -0.291. The zero-order valence-electron chi connectivity index (χ0n) is 14.3. The standard InChI is InChI=1S/C21H19FN2O2/c22-17-9-7-16(8-10-17)19-14-23-20(26-19)11-12-21(25)24-13-3-5-15-4-1-2-6-18(15)24/h1-2,4,6-10,14H,3,5,11-13H2. The third kappa shape index (κ3) is 3.38. The molecule has 0 radical (unpaired) electrons. The van der Waals surface area contributed by atoms with Gasteiger partial charge in [0.2, 0.25) is 5.91 Å². The molecule has 0 saturated carbocycles. The molecule has 1 aliphatic heterocycles. The Labute approximate surface area is 151 Å². The van der Waals surface area contributed by atoms with Gasteiger partial charge in [-0.2, -0.15) is 0 Å². The minimum absolute atomic E-state index is 0.0821. The van der Waals surface area contributed by atoms with Crippen molar-refractivity contribution >= 4 is 11.6 Å². The lowest BCUT2D eigenvalue weighted by molar-refractivity contribution is -0.118. The normalized spacial score (nSPS) is 13.5. The van der Waals surface area contributed by atoms with Gasteiger partial charge in [-0.05, 0) is 48.7 Å². The average Bonchev–Trinajstić information content (AvgIpc) is 3.15. The monoisotopic (exact) mass is 350 g/mol. The third-order valence-electron chi connectivity index (χ3n) is 4.65. The number of nitrogens with zero attached hydrogens (tertiary/aromatic N) is 2. The van der Waals surface area contributed by atoms with Crippen LogP contribution in [0.2, 0.25) is 0 Å². The second kappa shape index (κ2) is 7.12. The molecule has 5 heteroatoms. The summed E-state index contributed by atoms with van der Waals surface area (Å²) in [6, 6.07) is 14.1. The predicted octanol–water partition coefficient (Wildman–Crippen LogP) is 4.39. The number of halogens is 1. The molecule has 0 aliphatic carbocycles. The fraction of sp³-hybridized carbons (Fsp3) is 0.238. The first-order valence-corrected chi connectivity index (χ1v) is 8.79. The van der Waals surface area contributed by atoms with E-state index in [1.54, 1.807) is 18.3 Å². The van der Waals surface area contributed by atoms with E-state index in [0.717, 1.165) is 30.6 Å². The summed E-state index contributed by atoms with van der Waals surface area (Å²) in [5, 5.41) is 0. The van der Waals surface area contributed by atoms with Gasteiger partial charge in [-0.1, -0.05) is 18.2 Å². The van der Waals surface area contributed by atoms with E-state index in [4.69, 9.17) is 4.42 Å². The zero-order chi connectivity index (χ0) is 17.9. The summed E-state index contributed by atoms with van der Waals surface area (Å²) in [6.45, 7) is 0.752. The topological polar surface area (TPSA) is 46.3 Å². The molecule has 0 atom stereocenters. The molecule has 1 amide bonds. The minimum Gasteiger partial charge on any atom is -0.441 e. The Hall–Kier alpha value is -2.95. The molecule has 4 rings (SSSR count). The molecule has 1 aliphatic rings. The number of rotatable bonds is 4. The summed E-state index contributed by atoms with van der Waals surface area (Å²) in [6.07, 6.45) is 4.40. The Morgan fingerprint density at radius 2 is 1.96 bits per heavy atom. The van der Waals surface area contributed by atoms with Gasteiger partial charge < -0.3 is 9.32 Å². The van der Waals surface area contributed by atoms with Crippen molar-refractivity contribution in [3.63, 3.8) is 0 Å². The van der Waals surface area contributed by atoms with E-state index in [-0.39, 0.29) is 11.7 Å². The van der Waals surface area contributed by atoms with Crippen molar-refractivity contribution in [2.45, 2.75) is 25.7 Å². The number of carbonyl (C=O) groups excluding carboxylic acids is 1. The Balaban J connectivity index is 1.42. The molecule has 0 spiro atoms. The number of hydrogen-bond donors (Lipinski definition) is 0. The van der Waals surface area contributed by atoms with Gasteiger partial charge in [-0.15, -0.1) is 0 Å². The number of para-hydroxylation sites is 1. The molecule has 0 fully saturated rings. The number of amides is 1. The number of anilines is 1. The van der Waals surface area contributed by atoms with E-state index in [1.165, 1.54) is 17.7 Å². The Morgan fingerprint density at radius 1 is 1.15 bits per heavy atom. The van der Waals surface area contributed by atoms with E-state index in [1.807, 2.05) is 23.1 Å². The number of hydrogen-bond acceptors (Lipinski definition) is 3. The highest BCUT2D eigenvalue weighted by atomic mass is 19.1. The fourth-order valence-electron chi connectivity index (χ4n) is 3.31. The SMILES string of the molecule is O=C(CCc1ncc(-c2ccc(F)cc2)o1)N1CCCc2ccccc21. The van der Waals surface area contributed by atoms with Gasteiger partial charge in [0.25, 0.3) is 0 Å². The molecule has 1 aromatic heterocycles. The van der Waals surface area contributed by atoms with Crippen LogP contribution in [0.4, 0.5) is 10.1 Å². The summed E-state index contributed by atoms with van der Waals surface area (Å²) in [5.41, 5.74) is 3.01. The number of carbonyl (C=O) groups is 1. The maximum Gasteiger partial charge on any atom is 0.227 e. The maximum atomic E-state index is 13.0. The average molecular weight is 350 g/mol. The van der Waals surface area contributed by atoms with Crippen LogP contribution < -0.4 is 4.90 Å². The molecule has 0 unspecified atom stereocenters. The Bertz CT molecular complexity index is 918. The molecule has 132 valence electrons. The van der Waals surface area contributed by atoms with Crippen LogP contribution in [0, 0.1) is 5.82 Å². The van der Waals surface area contributed by atoms with Gasteiger partial charge >= 0.3 is 0 Å². The van der Waals surface area contributed by atoms with Crippen molar-refractivity contribution < 1.29 is 13.6 Å². The van der Waals surface area contributed by atoms with E-state index >= 15 is 0 Å². The summed E-state index contributed by atoms with van der Waals surface area (Å²) in [5.74, 6) is 0.887. The lowest BCUT2D eigenvalue weighted by Gasteiger charge is -2.29. The van der Waals surface area contributed by atoms with Gasteiger partial charge in [0, 0.05) is 30.6 Å². The number of fused-ring (bicyclic) bond motifs is 1. The smallest absolute Gasteiger partial charge is 0.227 e. The Morgan fingerprint density at radius 3 is 2.81 bits per heavy atom. The van der Waals surface area contributed by atoms with E-state index in [9.17, 15) is 9.18 Å². The lowest BCUT2D eigenvalue weighted by atomic mass is 10.0. The molecule has 0 saturated heterocycles. The maximum absolute atomic E-state index is 13.0. The van der Waals surface area contributed by atoms with Crippen LogP contribution in [0.25, 0.3) is 11.3 Å². The van der Waals surface area contributed by atoms with Crippen LogP contribution in [0.5, 0.6) is 0 Å². The second-order valence-corrected chi connectivity index (χ2v) is 6.40. The van der Waals surface area contributed by atoms with Crippen molar-refractivity contribution in [3.8, 4) is 11.3 Å². The zero-order valence-corrected chi connectivity index (χ0v) is 14.3. The molecular weight excluding hydrogens is 331 g/mol. The van der Waals surface area contributed by atoms with Crippen LogP contribution in [0.3, 0.4) is 0 Å². The number of aryl methyl sites for hydroxylation is 2. The van der Waals surface area contributed by atoms with Crippen LogP contribution in [0.1, 0.15) is 24.3 Å². The number of oxazole rings is 1. The van der Waals surface area contributed by atoms with Crippen LogP contribution in [-0.2, 0) is 17.6 Å². The van der Waals surface area contributed by atoms with Crippen LogP contribution in [-0.4, -0.2) is 17.4 Å². The van der Waals surface area contributed by atoms with Crippen molar-refractivity contribution in [2.75, 3.05) is 11.4 Å². The predicted molar refractivity (Wildman–Crippen MR) is 97.3 cm³/mol. The molecular formula is C21H19FN2O2.